The molecule has 0 bridgehead atoms. The van der Waals surface area contributed by atoms with Crippen molar-refractivity contribution < 1.29 is 19.0 Å². The zero-order chi connectivity index (χ0) is 24.8. The minimum atomic E-state index is -3.68. The molecule has 0 unspecified atom stereocenters. The minimum Gasteiger partial charge on any atom is -0.506 e. The van der Waals surface area contributed by atoms with Crippen LogP contribution in [-0.4, -0.2) is 30.9 Å². The molecule has 1 atom stereocenters. The second-order valence-corrected chi connectivity index (χ2v) is 11.2. The number of carbonyl (C=O) groups is 1. The standard InChI is InChI=1S/C24H28N4O4S2/c1-13(2)10-11-24(3)16-7-5-4-6-15(16)20(29)19(21(24)30)22-27-17-9-8-14(26-23(25)33)12-18(17)34(31,32)28-22/h4-9,12-13,29,31-32H,10-11H2,1-3H3,(H,27,28)(H3,25,26,33)/t24-/m1/s1. The van der Waals surface area contributed by atoms with Crippen LogP contribution in [0.5, 0.6) is 0 Å². The number of nitrogens with one attached hydrogen (secondary N) is 2. The number of benzene rings is 2. The maximum Gasteiger partial charge on any atom is 0.180 e. The topological polar surface area (TPSA) is 140 Å². The van der Waals surface area contributed by atoms with Crippen molar-refractivity contribution in [3.05, 3.63) is 59.2 Å². The van der Waals surface area contributed by atoms with E-state index in [0.29, 0.717) is 29.3 Å². The largest absolute Gasteiger partial charge is 0.506 e. The van der Waals surface area contributed by atoms with Gasteiger partial charge in [-0.3, -0.25) is 13.9 Å². The number of nitrogens with two attached hydrogens (primary N) is 1. The maximum atomic E-state index is 13.9. The molecule has 7 N–H and O–H groups in total. The fourth-order valence-corrected chi connectivity index (χ4v) is 5.67. The number of nitrogens with zero attached hydrogens (tertiary/aromatic N) is 1. The Bertz CT molecular complexity index is 1260. The summed E-state index contributed by atoms with van der Waals surface area (Å²) in [4.78, 5) is 14.0. The molecule has 2 aliphatic rings. The molecule has 10 heteroatoms. The molecule has 1 aliphatic carbocycles. The summed E-state index contributed by atoms with van der Waals surface area (Å²) in [6.45, 7) is 6.05. The van der Waals surface area contributed by atoms with Gasteiger partial charge < -0.3 is 21.5 Å². The summed E-state index contributed by atoms with van der Waals surface area (Å²) >= 11 is 4.84. The summed E-state index contributed by atoms with van der Waals surface area (Å²) in [5.74, 6) is -0.247. The molecule has 180 valence electrons. The van der Waals surface area contributed by atoms with Gasteiger partial charge in [0.2, 0.25) is 0 Å². The summed E-state index contributed by atoms with van der Waals surface area (Å²) in [7, 11) is -3.68. The summed E-state index contributed by atoms with van der Waals surface area (Å²) in [6.07, 6.45) is 1.38. The normalized spacial score (nSPS) is 21.8. The Morgan fingerprint density at radius 3 is 2.65 bits per heavy atom. The molecule has 0 amide bonds. The smallest absolute Gasteiger partial charge is 0.180 e. The lowest BCUT2D eigenvalue weighted by atomic mass is 9.66. The van der Waals surface area contributed by atoms with Crippen molar-refractivity contribution in [3.8, 4) is 0 Å². The average molecular weight is 501 g/mol. The lowest BCUT2D eigenvalue weighted by Gasteiger charge is -2.39. The summed E-state index contributed by atoms with van der Waals surface area (Å²) < 4.78 is 25.8. The third kappa shape index (κ3) is 4.18. The van der Waals surface area contributed by atoms with E-state index in [1.54, 1.807) is 24.3 Å². The fourth-order valence-electron chi connectivity index (χ4n) is 4.36. The molecule has 1 heterocycles. The van der Waals surface area contributed by atoms with Crippen molar-refractivity contribution in [2.75, 3.05) is 10.6 Å². The van der Waals surface area contributed by atoms with Crippen molar-refractivity contribution in [1.29, 1.82) is 0 Å². The van der Waals surface area contributed by atoms with Crippen LogP contribution in [0.3, 0.4) is 0 Å². The van der Waals surface area contributed by atoms with Gasteiger partial charge >= 0.3 is 0 Å². The number of Topliss-reactive ketones (excluding diaryl/α,β-unsaturated/α-hetero) is 1. The number of aliphatic hydroxyl groups is 1. The highest BCUT2D eigenvalue weighted by Crippen LogP contribution is 2.57. The second kappa shape index (κ2) is 8.70. The van der Waals surface area contributed by atoms with Gasteiger partial charge in [-0.25, -0.2) is 0 Å². The van der Waals surface area contributed by atoms with Crippen LogP contribution in [-0.2, 0) is 10.2 Å². The van der Waals surface area contributed by atoms with E-state index >= 15 is 0 Å². The van der Waals surface area contributed by atoms with E-state index in [2.05, 4.69) is 28.9 Å². The van der Waals surface area contributed by atoms with Crippen LogP contribution >= 0.6 is 23.0 Å². The zero-order valence-electron chi connectivity index (χ0n) is 19.1. The summed E-state index contributed by atoms with van der Waals surface area (Å²) in [5, 5.41) is 17.0. The third-order valence-corrected chi connectivity index (χ3v) is 7.68. The number of carbonyl (C=O) groups excluding carboxylic acids is 1. The zero-order valence-corrected chi connectivity index (χ0v) is 20.8. The van der Waals surface area contributed by atoms with Crippen LogP contribution in [0.2, 0.25) is 0 Å². The summed E-state index contributed by atoms with van der Waals surface area (Å²) in [5.41, 5.74) is 6.66. The lowest BCUT2D eigenvalue weighted by molar-refractivity contribution is -0.120. The molecule has 4 rings (SSSR count). The monoisotopic (exact) mass is 500 g/mol. The molecule has 0 saturated heterocycles. The van der Waals surface area contributed by atoms with E-state index in [0.717, 1.165) is 12.0 Å². The van der Waals surface area contributed by atoms with Crippen LogP contribution in [0.1, 0.15) is 44.7 Å². The molecule has 0 saturated carbocycles. The molecule has 0 aromatic heterocycles. The predicted molar refractivity (Wildman–Crippen MR) is 141 cm³/mol. The quantitative estimate of drug-likeness (QED) is 0.298. The number of aliphatic hydroxyl groups excluding tert-OH is 1. The lowest BCUT2D eigenvalue weighted by Crippen LogP contribution is -2.42. The molecule has 0 radical (unpaired) electrons. The highest BCUT2D eigenvalue weighted by atomic mass is 32.3. The first-order valence-corrected chi connectivity index (χ1v) is 12.8. The Morgan fingerprint density at radius 1 is 1.26 bits per heavy atom. The Balaban J connectivity index is 1.83. The molecule has 34 heavy (non-hydrogen) atoms. The highest BCUT2D eigenvalue weighted by Gasteiger charge is 2.46. The molecule has 0 fully saturated rings. The molecule has 1 aliphatic heterocycles. The van der Waals surface area contributed by atoms with Crippen molar-refractivity contribution in [2.45, 2.75) is 43.9 Å². The van der Waals surface area contributed by atoms with Crippen LogP contribution in [0.25, 0.3) is 5.76 Å². The van der Waals surface area contributed by atoms with E-state index in [9.17, 15) is 19.0 Å². The van der Waals surface area contributed by atoms with Gasteiger partial charge in [0.1, 0.15) is 16.2 Å². The molecule has 2 aromatic rings. The van der Waals surface area contributed by atoms with E-state index in [4.69, 9.17) is 18.0 Å². The number of ketones is 1. The van der Waals surface area contributed by atoms with Gasteiger partial charge in [0.25, 0.3) is 0 Å². The first kappa shape index (κ1) is 24.2. The first-order chi connectivity index (χ1) is 15.9. The van der Waals surface area contributed by atoms with E-state index in [1.807, 2.05) is 19.1 Å². The number of rotatable bonds is 5. The van der Waals surface area contributed by atoms with Crippen molar-refractivity contribution in [1.82, 2.24) is 0 Å². The van der Waals surface area contributed by atoms with Gasteiger partial charge in [0.15, 0.2) is 16.7 Å². The van der Waals surface area contributed by atoms with Crippen LogP contribution < -0.4 is 16.4 Å². The molecule has 0 spiro atoms. The van der Waals surface area contributed by atoms with Crippen molar-refractivity contribution in [2.24, 2.45) is 16.0 Å². The van der Waals surface area contributed by atoms with Gasteiger partial charge in [-0.2, -0.15) is 0 Å². The van der Waals surface area contributed by atoms with E-state index in [1.165, 1.54) is 6.07 Å². The Labute approximate surface area is 205 Å². The predicted octanol–water partition coefficient (Wildman–Crippen LogP) is 5.44. The van der Waals surface area contributed by atoms with Crippen molar-refractivity contribution in [3.63, 3.8) is 0 Å². The van der Waals surface area contributed by atoms with Crippen LogP contribution in [0.4, 0.5) is 11.4 Å². The minimum absolute atomic E-state index is 0.0339. The van der Waals surface area contributed by atoms with Gasteiger partial charge in [-0.15, -0.1) is 4.40 Å². The molecule has 2 aromatic carbocycles. The first-order valence-electron chi connectivity index (χ1n) is 10.9. The SMILES string of the molecule is CC(C)CC[C@@]1(C)C(=O)C(C2=NS(O)(O)c3cc(NC(N)=S)ccc3N2)=C(O)c2ccccc21. The van der Waals surface area contributed by atoms with Gasteiger partial charge in [-0.05, 0) is 61.7 Å². The second-order valence-electron chi connectivity index (χ2n) is 9.15. The maximum absolute atomic E-state index is 13.9. The van der Waals surface area contributed by atoms with Crippen molar-refractivity contribution >= 4 is 56.9 Å². The van der Waals surface area contributed by atoms with E-state index < -0.39 is 16.2 Å². The number of hydrogen-bond donors (Lipinski definition) is 6. The Kier molecular flexibility index (Phi) is 6.19. The van der Waals surface area contributed by atoms with E-state index in [-0.39, 0.29) is 33.0 Å². The molecular formula is C24H28N4O4S2. The Morgan fingerprint density at radius 2 is 1.97 bits per heavy atom. The average Bonchev–Trinajstić information content (AvgIpc) is 2.76. The summed E-state index contributed by atoms with van der Waals surface area (Å²) in [6, 6.07) is 12.0. The van der Waals surface area contributed by atoms with Gasteiger partial charge in [0, 0.05) is 11.3 Å². The number of fused-ring (bicyclic) bond motifs is 2. The fraction of sp³-hybridized carbons (Fsp3) is 0.292. The van der Waals surface area contributed by atoms with Crippen LogP contribution in [0, 0.1) is 5.92 Å². The number of amidine groups is 1. The Hall–Kier alpha value is -2.92. The van der Waals surface area contributed by atoms with Gasteiger partial charge in [-0.1, -0.05) is 48.9 Å². The molecule has 8 nitrogen and oxygen atoms in total. The van der Waals surface area contributed by atoms with Gasteiger partial charge in [0.05, 0.1) is 11.1 Å². The number of anilines is 2. The highest BCUT2D eigenvalue weighted by molar-refractivity contribution is 8.23. The number of thiocarbonyl (C=S) groups is 1. The third-order valence-electron chi connectivity index (χ3n) is 6.22. The molecular weight excluding hydrogens is 472 g/mol. The number of hydrogen-bond acceptors (Lipinski definition) is 7. The van der Waals surface area contributed by atoms with Crippen LogP contribution in [0.15, 0.2) is 57.3 Å².